The summed E-state index contributed by atoms with van der Waals surface area (Å²) in [4.78, 5) is 4.63. The fourth-order valence-electron chi connectivity index (χ4n) is 2.90. The van der Waals surface area contributed by atoms with E-state index in [0.29, 0.717) is 11.3 Å². The maximum absolute atomic E-state index is 10.4. The van der Waals surface area contributed by atoms with Crippen LogP contribution in [0.25, 0.3) is 0 Å². The minimum Gasteiger partial charge on any atom is -0.390 e. The third-order valence-electron chi connectivity index (χ3n) is 4.28. The van der Waals surface area contributed by atoms with Crippen molar-refractivity contribution in [3.05, 3.63) is 35.9 Å². The highest BCUT2D eigenvalue weighted by atomic mass is 32.2. The molecule has 1 N–H and O–H groups in total. The molecular weight excluding hydrogens is 280 g/mol. The molecule has 0 saturated carbocycles. The number of rotatable bonds is 6. The average Bonchev–Trinajstić information content (AvgIpc) is 2.44. The molecule has 1 fully saturated rings. The highest BCUT2D eigenvalue weighted by molar-refractivity contribution is 8.00. The number of aliphatic hydroxyl groups is 1. The van der Waals surface area contributed by atoms with Gasteiger partial charge in [-0.2, -0.15) is 11.8 Å². The molecule has 1 aromatic carbocycles. The van der Waals surface area contributed by atoms with Gasteiger partial charge in [0.25, 0.3) is 0 Å². The second kappa shape index (κ2) is 8.18. The SMILES string of the molecule is CC1SCCN(CC(O)CN(C)Cc2ccccc2)C1C. The van der Waals surface area contributed by atoms with Crippen molar-refractivity contribution in [2.24, 2.45) is 0 Å². The number of β-amino-alcohol motifs (C(OH)–C–C–N with tert-alkyl or cyclic N) is 1. The predicted molar refractivity (Wildman–Crippen MR) is 91.7 cm³/mol. The zero-order valence-electron chi connectivity index (χ0n) is 13.4. The number of likely N-dealkylation sites (N-methyl/N-ethyl adjacent to an activating group) is 1. The van der Waals surface area contributed by atoms with Gasteiger partial charge in [-0.15, -0.1) is 0 Å². The van der Waals surface area contributed by atoms with Gasteiger partial charge in [-0.05, 0) is 19.5 Å². The Morgan fingerprint density at radius 2 is 2.05 bits per heavy atom. The number of nitrogens with zero attached hydrogens (tertiary/aromatic N) is 2. The van der Waals surface area contributed by atoms with Gasteiger partial charge >= 0.3 is 0 Å². The molecule has 1 aliphatic heterocycles. The molecule has 3 unspecified atom stereocenters. The van der Waals surface area contributed by atoms with Gasteiger partial charge in [-0.3, -0.25) is 9.80 Å². The van der Waals surface area contributed by atoms with Gasteiger partial charge in [-0.1, -0.05) is 37.3 Å². The highest BCUT2D eigenvalue weighted by Crippen LogP contribution is 2.24. The fourth-order valence-corrected chi connectivity index (χ4v) is 4.06. The Bertz CT molecular complexity index is 415. The maximum Gasteiger partial charge on any atom is 0.0793 e. The Labute approximate surface area is 133 Å². The standard InChI is InChI=1S/C17H28N2OS/c1-14-15(2)21-10-9-19(14)13-17(20)12-18(3)11-16-7-5-4-6-8-16/h4-8,14-15,17,20H,9-13H2,1-3H3. The molecule has 21 heavy (non-hydrogen) atoms. The van der Waals surface area contributed by atoms with Crippen molar-refractivity contribution in [2.75, 3.05) is 32.4 Å². The van der Waals surface area contributed by atoms with Crippen LogP contribution in [-0.4, -0.2) is 64.7 Å². The average molecular weight is 308 g/mol. The lowest BCUT2D eigenvalue weighted by molar-refractivity contribution is 0.0663. The Morgan fingerprint density at radius 3 is 2.76 bits per heavy atom. The molecule has 1 aromatic rings. The third-order valence-corrected chi connectivity index (χ3v) is 5.62. The van der Waals surface area contributed by atoms with Crippen molar-refractivity contribution in [1.82, 2.24) is 9.80 Å². The maximum atomic E-state index is 10.4. The van der Waals surface area contributed by atoms with Crippen molar-refractivity contribution in [1.29, 1.82) is 0 Å². The van der Waals surface area contributed by atoms with Crippen LogP contribution in [0.1, 0.15) is 19.4 Å². The summed E-state index contributed by atoms with van der Waals surface area (Å²) in [6.07, 6.45) is -0.281. The number of aliphatic hydroxyl groups excluding tert-OH is 1. The number of hydrogen-bond acceptors (Lipinski definition) is 4. The molecule has 0 amide bonds. The van der Waals surface area contributed by atoms with Gasteiger partial charge in [0.15, 0.2) is 0 Å². The Morgan fingerprint density at radius 1 is 1.33 bits per heavy atom. The highest BCUT2D eigenvalue weighted by Gasteiger charge is 2.26. The molecule has 0 bridgehead atoms. The van der Waals surface area contributed by atoms with E-state index in [1.807, 2.05) is 17.8 Å². The molecule has 0 aromatic heterocycles. The van der Waals surface area contributed by atoms with E-state index < -0.39 is 0 Å². The Kier molecular flexibility index (Phi) is 6.55. The number of benzene rings is 1. The topological polar surface area (TPSA) is 26.7 Å². The normalized spacial score (nSPS) is 25.2. The summed E-state index contributed by atoms with van der Waals surface area (Å²) in [5.41, 5.74) is 1.29. The zero-order chi connectivity index (χ0) is 15.2. The van der Waals surface area contributed by atoms with Gasteiger partial charge in [0.2, 0.25) is 0 Å². The quantitative estimate of drug-likeness (QED) is 0.872. The minimum atomic E-state index is -0.281. The first kappa shape index (κ1) is 16.8. The molecule has 3 atom stereocenters. The van der Waals surface area contributed by atoms with Crippen LogP contribution in [0.15, 0.2) is 30.3 Å². The Balaban J connectivity index is 1.77. The first-order valence-corrected chi connectivity index (χ1v) is 8.87. The Hall–Kier alpha value is -0.550. The van der Waals surface area contributed by atoms with E-state index in [2.05, 4.69) is 55.0 Å². The first-order valence-electron chi connectivity index (χ1n) is 7.82. The van der Waals surface area contributed by atoms with Crippen LogP contribution in [0.3, 0.4) is 0 Å². The van der Waals surface area contributed by atoms with E-state index in [-0.39, 0.29) is 6.10 Å². The van der Waals surface area contributed by atoms with Gasteiger partial charge in [0.05, 0.1) is 6.10 Å². The smallest absolute Gasteiger partial charge is 0.0793 e. The van der Waals surface area contributed by atoms with Crippen molar-refractivity contribution in [2.45, 2.75) is 37.8 Å². The summed E-state index contributed by atoms with van der Waals surface area (Å²) < 4.78 is 0. The molecule has 1 aliphatic rings. The van der Waals surface area contributed by atoms with E-state index in [9.17, 15) is 5.11 Å². The molecule has 1 heterocycles. The molecule has 0 aliphatic carbocycles. The van der Waals surface area contributed by atoms with Crippen LogP contribution in [0.5, 0.6) is 0 Å². The number of hydrogen-bond donors (Lipinski definition) is 1. The third kappa shape index (κ3) is 5.29. The summed E-state index contributed by atoms with van der Waals surface area (Å²) in [7, 11) is 2.08. The number of thioether (sulfide) groups is 1. The summed E-state index contributed by atoms with van der Waals surface area (Å²) in [6.45, 7) is 8.05. The summed E-state index contributed by atoms with van der Waals surface area (Å²) >= 11 is 2.04. The first-order chi connectivity index (χ1) is 10.1. The zero-order valence-corrected chi connectivity index (χ0v) is 14.2. The molecular formula is C17H28N2OS. The van der Waals surface area contributed by atoms with Gasteiger partial charge in [-0.25, -0.2) is 0 Å². The molecule has 1 saturated heterocycles. The van der Waals surface area contributed by atoms with Crippen molar-refractivity contribution >= 4 is 11.8 Å². The molecule has 3 nitrogen and oxygen atoms in total. The largest absolute Gasteiger partial charge is 0.390 e. The summed E-state index contributed by atoms with van der Waals surface area (Å²) in [6, 6.07) is 11.0. The van der Waals surface area contributed by atoms with Crippen LogP contribution in [0, 0.1) is 0 Å². The van der Waals surface area contributed by atoms with E-state index in [1.54, 1.807) is 0 Å². The summed E-state index contributed by atoms with van der Waals surface area (Å²) in [5.74, 6) is 1.18. The van der Waals surface area contributed by atoms with Crippen LogP contribution < -0.4 is 0 Å². The van der Waals surface area contributed by atoms with Crippen molar-refractivity contribution in [3.8, 4) is 0 Å². The lowest BCUT2D eigenvalue weighted by atomic mass is 10.1. The lowest BCUT2D eigenvalue weighted by Crippen LogP contribution is -2.49. The van der Waals surface area contributed by atoms with Crippen LogP contribution in [0.4, 0.5) is 0 Å². The van der Waals surface area contributed by atoms with Crippen LogP contribution in [0.2, 0.25) is 0 Å². The van der Waals surface area contributed by atoms with E-state index in [0.717, 1.165) is 26.2 Å². The summed E-state index contributed by atoms with van der Waals surface area (Å²) in [5, 5.41) is 11.0. The van der Waals surface area contributed by atoms with Gasteiger partial charge in [0.1, 0.15) is 0 Å². The monoisotopic (exact) mass is 308 g/mol. The van der Waals surface area contributed by atoms with Gasteiger partial charge in [0, 0.05) is 43.2 Å². The van der Waals surface area contributed by atoms with Crippen molar-refractivity contribution in [3.63, 3.8) is 0 Å². The minimum absolute atomic E-state index is 0.281. The fraction of sp³-hybridized carbons (Fsp3) is 0.647. The predicted octanol–water partition coefficient (Wildman–Crippen LogP) is 2.31. The lowest BCUT2D eigenvalue weighted by Gasteiger charge is -2.38. The van der Waals surface area contributed by atoms with E-state index >= 15 is 0 Å². The molecule has 2 rings (SSSR count). The molecule has 118 valence electrons. The second-order valence-electron chi connectivity index (χ2n) is 6.15. The van der Waals surface area contributed by atoms with E-state index in [4.69, 9.17) is 0 Å². The molecule has 0 radical (unpaired) electrons. The molecule has 4 heteroatoms. The van der Waals surface area contributed by atoms with Crippen LogP contribution in [-0.2, 0) is 6.54 Å². The van der Waals surface area contributed by atoms with E-state index in [1.165, 1.54) is 11.3 Å². The van der Waals surface area contributed by atoms with Crippen molar-refractivity contribution < 1.29 is 5.11 Å². The van der Waals surface area contributed by atoms with Crippen LogP contribution >= 0.6 is 11.8 Å². The molecule has 0 spiro atoms. The second-order valence-corrected chi connectivity index (χ2v) is 7.63. The van der Waals surface area contributed by atoms with Gasteiger partial charge < -0.3 is 5.11 Å².